The molecule has 0 bridgehead atoms. The molecule has 2 aromatic carbocycles. The molecule has 6 heteroatoms. The van der Waals surface area contributed by atoms with Crippen molar-refractivity contribution >= 4 is 23.3 Å². The zero-order valence-corrected chi connectivity index (χ0v) is 12.4. The van der Waals surface area contributed by atoms with E-state index < -0.39 is 11.9 Å². The van der Waals surface area contributed by atoms with Crippen molar-refractivity contribution in [3.63, 3.8) is 0 Å². The second-order valence-electron chi connectivity index (χ2n) is 4.16. The van der Waals surface area contributed by atoms with Crippen LogP contribution in [0.5, 0.6) is 0 Å². The van der Waals surface area contributed by atoms with Gasteiger partial charge in [0.1, 0.15) is 0 Å². The summed E-state index contributed by atoms with van der Waals surface area (Å²) in [5, 5.41) is 0. The molecule has 0 fully saturated rings. The lowest BCUT2D eigenvalue weighted by molar-refractivity contribution is 0.0593. The van der Waals surface area contributed by atoms with Gasteiger partial charge in [0.05, 0.1) is 25.3 Å². The number of benzene rings is 2. The molecule has 4 N–H and O–H groups in total. The number of ether oxygens (including phenoxy) is 2. The molecule has 0 saturated heterocycles. The van der Waals surface area contributed by atoms with E-state index >= 15 is 0 Å². The molecular formula is C16H18N2O4. The minimum Gasteiger partial charge on any atom is -0.465 e. The molecule has 0 heterocycles. The third kappa shape index (κ3) is 4.52. The Labute approximate surface area is 128 Å². The second kappa shape index (κ2) is 8.31. The van der Waals surface area contributed by atoms with Gasteiger partial charge in [0, 0.05) is 11.4 Å². The highest BCUT2D eigenvalue weighted by molar-refractivity contribution is 5.95. The largest absolute Gasteiger partial charge is 0.465 e. The molecule has 2 aromatic rings. The van der Waals surface area contributed by atoms with Gasteiger partial charge in [-0.2, -0.15) is 0 Å². The predicted molar refractivity (Wildman–Crippen MR) is 84.4 cm³/mol. The average Bonchev–Trinajstić information content (AvgIpc) is 2.55. The lowest BCUT2D eigenvalue weighted by atomic mass is 10.2. The number of nitrogen functional groups attached to an aromatic ring is 2. The smallest absolute Gasteiger partial charge is 0.339 e. The van der Waals surface area contributed by atoms with Crippen LogP contribution in [0.25, 0.3) is 0 Å². The van der Waals surface area contributed by atoms with Crippen LogP contribution in [0.2, 0.25) is 0 Å². The van der Waals surface area contributed by atoms with Crippen LogP contribution >= 0.6 is 0 Å². The molecule has 0 spiro atoms. The van der Waals surface area contributed by atoms with Crippen LogP contribution in [0, 0.1) is 0 Å². The summed E-state index contributed by atoms with van der Waals surface area (Å²) >= 11 is 0. The summed E-state index contributed by atoms with van der Waals surface area (Å²) < 4.78 is 9.00. The van der Waals surface area contributed by atoms with E-state index in [-0.39, 0.29) is 0 Å². The molecule has 0 aliphatic rings. The summed E-state index contributed by atoms with van der Waals surface area (Å²) in [5.74, 6) is -0.800. The van der Waals surface area contributed by atoms with Gasteiger partial charge >= 0.3 is 11.9 Å². The third-order valence-electron chi connectivity index (χ3n) is 2.73. The number of esters is 2. The minimum atomic E-state index is -0.400. The Morgan fingerprint density at radius 2 is 1.05 bits per heavy atom. The molecule has 0 atom stereocenters. The van der Waals surface area contributed by atoms with Gasteiger partial charge in [0.25, 0.3) is 0 Å². The standard InChI is InChI=1S/2C8H9NO2/c2*1-11-8(10)6-4-2-3-5-7(6)9/h2*2-5H,9H2,1H3. The Balaban J connectivity index is 0.000000220. The number of carbonyl (C=O) groups excluding carboxylic acids is 2. The second-order valence-corrected chi connectivity index (χ2v) is 4.16. The van der Waals surface area contributed by atoms with Crippen LogP contribution in [-0.2, 0) is 9.47 Å². The van der Waals surface area contributed by atoms with E-state index in [0.29, 0.717) is 22.5 Å². The Bertz CT molecular complexity index is 599. The Morgan fingerprint density at radius 1 is 0.727 bits per heavy atom. The van der Waals surface area contributed by atoms with E-state index in [0.717, 1.165) is 0 Å². The highest BCUT2D eigenvalue weighted by Gasteiger charge is 2.07. The first-order valence-corrected chi connectivity index (χ1v) is 6.37. The van der Waals surface area contributed by atoms with Crippen molar-refractivity contribution in [2.75, 3.05) is 25.7 Å². The summed E-state index contributed by atoms with van der Waals surface area (Å²) in [5.41, 5.74) is 12.7. The highest BCUT2D eigenvalue weighted by atomic mass is 16.5. The molecule has 0 unspecified atom stereocenters. The first kappa shape index (κ1) is 17.0. The van der Waals surface area contributed by atoms with Crippen molar-refractivity contribution in [3.05, 3.63) is 59.7 Å². The molecule has 0 radical (unpaired) electrons. The van der Waals surface area contributed by atoms with Crippen LogP contribution < -0.4 is 11.5 Å². The fourth-order valence-electron chi connectivity index (χ4n) is 1.59. The van der Waals surface area contributed by atoms with Gasteiger partial charge in [-0.25, -0.2) is 9.59 Å². The van der Waals surface area contributed by atoms with Gasteiger partial charge in [0.2, 0.25) is 0 Å². The SMILES string of the molecule is COC(=O)c1ccccc1N.COC(=O)c1ccccc1N. The van der Waals surface area contributed by atoms with Crippen LogP contribution in [0.3, 0.4) is 0 Å². The molecule has 2 rings (SSSR count). The zero-order valence-electron chi connectivity index (χ0n) is 12.4. The number of nitrogens with two attached hydrogens (primary N) is 2. The van der Waals surface area contributed by atoms with E-state index in [9.17, 15) is 9.59 Å². The molecule has 0 amide bonds. The van der Waals surface area contributed by atoms with Crippen molar-refractivity contribution in [1.29, 1.82) is 0 Å². The van der Waals surface area contributed by atoms with Gasteiger partial charge in [0.15, 0.2) is 0 Å². The van der Waals surface area contributed by atoms with Gasteiger partial charge < -0.3 is 20.9 Å². The molecule has 6 nitrogen and oxygen atoms in total. The molecule has 0 saturated carbocycles. The normalized spacial score (nSPS) is 9.18. The Kier molecular flexibility index (Phi) is 6.43. The number of hydrogen-bond donors (Lipinski definition) is 2. The molecule has 116 valence electrons. The van der Waals surface area contributed by atoms with Crippen molar-refractivity contribution in [3.8, 4) is 0 Å². The Morgan fingerprint density at radius 3 is 1.32 bits per heavy atom. The number of carbonyl (C=O) groups is 2. The fourth-order valence-corrected chi connectivity index (χ4v) is 1.59. The lowest BCUT2D eigenvalue weighted by Gasteiger charge is -2.00. The number of para-hydroxylation sites is 2. The van der Waals surface area contributed by atoms with E-state index in [1.165, 1.54) is 14.2 Å². The van der Waals surface area contributed by atoms with E-state index in [4.69, 9.17) is 11.5 Å². The van der Waals surface area contributed by atoms with Gasteiger partial charge in [-0.1, -0.05) is 24.3 Å². The van der Waals surface area contributed by atoms with Crippen molar-refractivity contribution in [2.24, 2.45) is 0 Å². The van der Waals surface area contributed by atoms with Crippen LogP contribution in [0.4, 0.5) is 11.4 Å². The van der Waals surface area contributed by atoms with E-state index in [2.05, 4.69) is 9.47 Å². The minimum absolute atomic E-state index is 0.400. The Hall–Kier alpha value is -3.02. The number of hydrogen-bond acceptors (Lipinski definition) is 6. The monoisotopic (exact) mass is 302 g/mol. The van der Waals surface area contributed by atoms with Gasteiger partial charge in [-0.15, -0.1) is 0 Å². The number of methoxy groups -OCH3 is 2. The molecule has 22 heavy (non-hydrogen) atoms. The molecule has 0 aliphatic carbocycles. The summed E-state index contributed by atoms with van der Waals surface area (Å²) in [6.45, 7) is 0. The lowest BCUT2D eigenvalue weighted by Crippen LogP contribution is -2.04. The maximum Gasteiger partial charge on any atom is 0.339 e. The van der Waals surface area contributed by atoms with Gasteiger partial charge in [-0.05, 0) is 24.3 Å². The van der Waals surface area contributed by atoms with Crippen LogP contribution in [0.1, 0.15) is 20.7 Å². The van der Waals surface area contributed by atoms with Crippen molar-refractivity contribution < 1.29 is 19.1 Å². The van der Waals surface area contributed by atoms with Crippen molar-refractivity contribution in [1.82, 2.24) is 0 Å². The van der Waals surface area contributed by atoms with Crippen molar-refractivity contribution in [2.45, 2.75) is 0 Å². The number of anilines is 2. The van der Waals surface area contributed by atoms with Crippen LogP contribution in [0.15, 0.2) is 48.5 Å². The number of rotatable bonds is 2. The predicted octanol–water partition coefficient (Wildman–Crippen LogP) is 2.11. The maximum atomic E-state index is 10.9. The van der Waals surface area contributed by atoms with E-state index in [1.54, 1.807) is 48.5 Å². The van der Waals surface area contributed by atoms with Gasteiger partial charge in [-0.3, -0.25) is 0 Å². The maximum absolute atomic E-state index is 10.9. The summed E-state index contributed by atoms with van der Waals surface area (Å²) in [4.78, 5) is 21.9. The fraction of sp³-hybridized carbons (Fsp3) is 0.125. The molecule has 0 aliphatic heterocycles. The first-order chi connectivity index (χ1) is 10.5. The topological polar surface area (TPSA) is 105 Å². The summed E-state index contributed by atoms with van der Waals surface area (Å²) in [6, 6.07) is 13.6. The van der Waals surface area contributed by atoms with Crippen LogP contribution in [-0.4, -0.2) is 26.2 Å². The molecular weight excluding hydrogens is 284 g/mol. The first-order valence-electron chi connectivity index (χ1n) is 6.37. The summed E-state index contributed by atoms with van der Waals surface area (Å²) in [7, 11) is 2.66. The quantitative estimate of drug-likeness (QED) is 0.650. The van der Waals surface area contributed by atoms with E-state index in [1.807, 2.05) is 0 Å². The molecule has 0 aromatic heterocycles. The third-order valence-corrected chi connectivity index (χ3v) is 2.73. The summed E-state index contributed by atoms with van der Waals surface area (Å²) in [6.07, 6.45) is 0. The average molecular weight is 302 g/mol. The zero-order chi connectivity index (χ0) is 16.5. The highest BCUT2D eigenvalue weighted by Crippen LogP contribution is 2.11.